The zero-order chi connectivity index (χ0) is 17.3. The Morgan fingerprint density at radius 1 is 1.12 bits per heavy atom. The summed E-state index contributed by atoms with van der Waals surface area (Å²) in [7, 11) is 2.02. The molecule has 0 aliphatic carbocycles. The molecule has 0 aliphatic rings. The fourth-order valence-electron chi connectivity index (χ4n) is 2.78. The van der Waals surface area contributed by atoms with Crippen LogP contribution in [0.4, 0.5) is 4.39 Å². The van der Waals surface area contributed by atoms with Crippen LogP contribution in [0.15, 0.2) is 42.5 Å². The first-order chi connectivity index (χ1) is 11.5. The summed E-state index contributed by atoms with van der Waals surface area (Å²) in [6.07, 6.45) is 0. The lowest BCUT2D eigenvalue weighted by molar-refractivity contribution is 0.418. The summed E-state index contributed by atoms with van der Waals surface area (Å²) in [4.78, 5) is 4.57. The van der Waals surface area contributed by atoms with Gasteiger partial charge in [-0.2, -0.15) is 0 Å². The third-order valence-corrected chi connectivity index (χ3v) is 4.72. The molecule has 0 radical (unpaired) electrons. The SMILES string of the molecule is CC(C)[C@@H](C)NCc1nc(-c2cc3ccccc3n2C)ccc1F. The number of fused-ring (bicyclic) bond motifs is 1. The maximum absolute atomic E-state index is 14.1. The van der Waals surface area contributed by atoms with E-state index in [9.17, 15) is 4.39 Å². The lowest BCUT2D eigenvalue weighted by atomic mass is 10.1. The van der Waals surface area contributed by atoms with Crippen molar-refractivity contribution in [3.63, 3.8) is 0 Å². The number of hydrogen-bond acceptors (Lipinski definition) is 2. The van der Waals surface area contributed by atoms with E-state index in [0.717, 1.165) is 22.3 Å². The predicted octanol–water partition coefficient (Wildman–Crippen LogP) is 4.51. The molecule has 0 saturated heterocycles. The largest absolute Gasteiger partial charge is 0.342 e. The van der Waals surface area contributed by atoms with Gasteiger partial charge in [-0.1, -0.05) is 32.0 Å². The van der Waals surface area contributed by atoms with Gasteiger partial charge in [0.15, 0.2) is 0 Å². The summed E-state index contributed by atoms with van der Waals surface area (Å²) in [5.41, 5.74) is 3.40. The molecule has 3 nitrogen and oxygen atoms in total. The highest BCUT2D eigenvalue weighted by molar-refractivity contribution is 5.86. The molecule has 126 valence electrons. The van der Waals surface area contributed by atoms with E-state index in [1.165, 1.54) is 6.07 Å². The number of aryl methyl sites for hydroxylation is 1. The average Bonchev–Trinajstić information content (AvgIpc) is 2.91. The second kappa shape index (κ2) is 6.73. The number of benzene rings is 1. The summed E-state index contributed by atoms with van der Waals surface area (Å²) >= 11 is 0. The highest BCUT2D eigenvalue weighted by Crippen LogP contribution is 2.26. The van der Waals surface area contributed by atoms with Gasteiger partial charge in [-0.15, -0.1) is 0 Å². The Balaban J connectivity index is 1.94. The van der Waals surface area contributed by atoms with Gasteiger partial charge < -0.3 is 9.88 Å². The first kappa shape index (κ1) is 16.7. The predicted molar refractivity (Wildman–Crippen MR) is 97.2 cm³/mol. The van der Waals surface area contributed by atoms with Gasteiger partial charge in [-0.3, -0.25) is 0 Å². The van der Waals surface area contributed by atoms with Gasteiger partial charge in [0.2, 0.25) is 0 Å². The van der Waals surface area contributed by atoms with Crippen molar-refractivity contribution >= 4 is 10.9 Å². The van der Waals surface area contributed by atoms with Gasteiger partial charge in [0.25, 0.3) is 0 Å². The highest BCUT2D eigenvalue weighted by Gasteiger charge is 2.13. The molecule has 24 heavy (non-hydrogen) atoms. The summed E-state index contributed by atoms with van der Waals surface area (Å²) in [6.45, 7) is 6.83. The lowest BCUT2D eigenvalue weighted by Crippen LogP contribution is -2.30. The molecule has 2 aromatic heterocycles. The minimum atomic E-state index is -0.263. The van der Waals surface area contributed by atoms with Crippen molar-refractivity contribution in [2.75, 3.05) is 0 Å². The minimum absolute atomic E-state index is 0.263. The number of para-hydroxylation sites is 1. The zero-order valence-electron chi connectivity index (χ0n) is 14.7. The maximum Gasteiger partial charge on any atom is 0.146 e. The van der Waals surface area contributed by atoms with E-state index in [-0.39, 0.29) is 5.82 Å². The summed E-state index contributed by atoms with van der Waals surface area (Å²) in [6, 6.07) is 13.9. The molecule has 0 spiro atoms. The number of pyridine rings is 1. The van der Waals surface area contributed by atoms with Crippen LogP contribution in [0.2, 0.25) is 0 Å². The van der Waals surface area contributed by atoms with Crippen LogP contribution in [0.5, 0.6) is 0 Å². The van der Waals surface area contributed by atoms with Crippen molar-refractivity contribution in [3.05, 3.63) is 54.0 Å². The van der Waals surface area contributed by atoms with E-state index < -0.39 is 0 Å². The number of rotatable bonds is 5. The van der Waals surface area contributed by atoms with Crippen molar-refractivity contribution in [1.82, 2.24) is 14.9 Å². The topological polar surface area (TPSA) is 29.9 Å². The van der Waals surface area contributed by atoms with E-state index in [0.29, 0.717) is 24.2 Å². The van der Waals surface area contributed by atoms with Crippen molar-refractivity contribution in [3.8, 4) is 11.4 Å². The van der Waals surface area contributed by atoms with Crippen LogP contribution in [-0.2, 0) is 13.6 Å². The quantitative estimate of drug-likeness (QED) is 0.748. The minimum Gasteiger partial charge on any atom is -0.342 e. The Morgan fingerprint density at radius 2 is 1.88 bits per heavy atom. The van der Waals surface area contributed by atoms with Crippen molar-refractivity contribution < 1.29 is 4.39 Å². The molecule has 0 saturated carbocycles. The Labute approximate surface area is 142 Å². The molecule has 0 fully saturated rings. The number of nitrogens with one attached hydrogen (secondary N) is 1. The molecular formula is C20H24FN3. The Kier molecular flexibility index (Phi) is 4.67. The van der Waals surface area contributed by atoms with Gasteiger partial charge in [-0.25, -0.2) is 9.37 Å². The molecule has 1 N–H and O–H groups in total. The monoisotopic (exact) mass is 325 g/mol. The number of aromatic nitrogens is 2. The normalized spacial score (nSPS) is 12.9. The number of halogens is 1. The molecular weight excluding hydrogens is 301 g/mol. The molecule has 1 atom stereocenters. The van der Waals surface area contributed by atoms with Crippen molar-refractivity contribution in [2.24, 2.45) is 13.0 Å². The van der Waals surface area contributed by atoms with E-state index in [1.807, 2.05) is 19.2 Å². The van der Waals surface area contributed by atoms with Gasteiger partial charge in [0, 0.05) is 30.5 Å². The van der Waals surface area contributed by atoms with Crippen LogP contribution >= 0.6 is 0 Å². The third kappa shape index (κ3) is 3.20. The van der Waals surface area contributed by atoms with E-state index in [4.69, 9.17) is 0 Å². The molecule has 2 heterocycles. The van der Waals surface area contributed by atoms with Crippen LogP contribution in [0.25, 0.3) is 22.3 Å². The van der Waals surface area contributed by atoms with Crippen LogP contribution in [0, 0.1) is 11.7 Å². The van der Waals surface area contributed by atoms with Crippen LogP contribution in [0.3, 0.4) is 0 Å². The highest BCUT2D eigenvalue weighted by atomic mass is 19.1. The first-order valence-electron chi connectivity index (χ1n) is 8.41. The van der Waals surface area contributed by atoms with E-state index in [1.54, 1.807) is 6.07 Å². The molecule has 3 aromatic rings. The van der Waals surface area contributed by atoms with Gasteiger partial charge in [0.05, 0.1) is 17.1 Å². The van der Waals surface area contributed by atoms with Crippen LogP contribution in [-0.4, -0.2) is 15.6 Å². The Hall–Kier alpha value is -2.20. The standard InChI is InChI=1S/C20H24FN3/c1-13(2)14(3)22-12-18-16(21)9-10-17(23-18)20-11-15-7-5-6-8-19(15)24(20)4/h5-11,13-14,22H,12H2,1-4H3/t14-/m1/s1. The summed E-state index contributed by atoms with van der Waals surface area (Å²) < 4.78 is 16.2. The second-order valence-electron chi connectivity index (χ2n) is 6.69. The molecule has 0 unspecified atom stereocenters. The summed E-state index contributed by atoms with van der Waals surface area (Å²) in [5, 5.41) is 4.51. The molecule has 0 bridgehead atoms. The van der Waals surface area contributed by atoms with Crippen LogP contribution < -0.4 is 5.32 Å². The van der Waals surface area contributed by atoms with E-state index in [2.05, 4.69) is 53.8 Å². The Morgan fingerprint density at radius 3 is 2.58 bits per heavy atom. The van der Waals surface area contributed by atoms with Crippen molar-refractivity contribution in [2.45, 2.75) is 33.4 Å². The smallest absolute Gasteiger partial charge is 0.146 e. The zero-order valence-corrected chi connectivity index (χ0v) is 14.7. The lowest BCUT2D eigenvalue weighted by Gasteiger charge is -2.17. The fourth-order valence-corrected chi connectivity index (χ4v) is 2.78. The molecule has 1 aromatic carbocycles. The number of nitrogens with zero attached hydrogens (tertiary/aromatic N) is 2. The van der Waals surface area contributed by atoms with Gasteiger partial charge in [0.1, 0.15) is 5.82 Å². The van der Waals surface area contributed by atoms with Gasteiger partial charge >= 0.3 is 0 Å². The first-order valence-corrected chi connectivity index (χ1v) is 8.41. The average molecular weight is 325 g/mol. The molecule has 3 rings (SSSR count). The second-order valence-corrected chi connectivity index (χ2v) is 6.69. The van der Waals surface area contributed by atoms with Crippen LogP contribution in [0.1, 0.15) is 26.5 Å². The fraction of sp³-hybridized carbons (Fsp3) is 0.350. The maximum atomic E-state index is 14.1. The molecule has 0 amide bonds. The molecule has 0 aliphatic heterocycles. The van der Waals surface area contributed by atoms with Crippen molar-refractivity contribution in [1.29, 1.82) is 0 Å². The van der Waals surface area contributed by atoms with Gasteiger partial charge in [-0.05, 0) is 37.1 Å². The Bertz CT molecular complexity index is 851. The third-order valence-electron chi connectivity index (χ3n) is 4.72. The van der Waals surface area contributed by atoms with E-state index >= 15 is 0 Å². The number of hydrogen-bond donors (Lipinski definition) is 1. The molecule has 4 heteroatoms. The summed E-state index contributed by atoms with van der Waals surface area (Å²) in [5.74, 6) is 0.232.